The number of nitrogens with one attached hydrogen (secondary N) is 1. The first-order chi connectivity index (χ1) is 6.36. The molecule has 1 fully saturated rings. The summed E-state index contributed by atoms with van der Waals surface area (Å²) < 4.78 is 18.6. The molecule has 0 spiro atoms. The van der Waals surface area contributed by atoms with Gasteiger partial charge in [0.25, 0.3) is 0 Å². The van der Waals surface area contributed by atoms with Crippen LogP contribution in [-0.4, -0.2) is 11.6 Å². The molecule has 2 heterocycles. The fraction of sp³-hybridized carbons (Fsp3) is 0.200. The van der Waals surface area contributed by atoms with Crippen molar-refractivity contribution >= 4 is 10.9 Å². The van der Waals surface area contributed by atoms with Crippen LogP contribution in [0.1, 0.15) is 11.8 Å². The lowest BCUT2D eigenvalue weighted by Crippen LogP contribution is -1.83. The van der Waals surface area contributed by atoms with Gasteiger partial charge in [0.15, 0.2) is 5.82 Å². The van der Waals surface area contributed by atoms with Crippen molar-refractivity contribution in [3.8, 4) is 0 Å². The van der Waals surface area contributed by atoms with Crippen molar-refractivity contribution in [3.05, 3.63) is 35.8 Å². The number of aromatic amines is 1. The van der Waals surface area contributed by atoms with E-state index < -0.39 is 0 Å². The maximum Gasteiger partial charge on any atom is 0.154 e. The molecule has 1 saturated heterocycles. The van der Waals surface area contributed by atoms with E-state index in [0.717, 1.165) is 5.52 Å². The third-order valence-electron chi connectivity index (χ3n) is 2.32. The fourth-order valence-corrected chi connectivity index (χ4v) is 1.57. The Morgan fingerprint density at radius 2 is 2.15 bits per heavy atom. The molecular formula is C10H8FNO. The molecule has 3 heteroatoms. The van der Waals surface area contributed by atoms with Gasteiger partial charge < -0.3 is 9.72 Å². The minimum atomic E-state index is -0.168. The maximum atomic E-state index is 13.6. The molecule has 1 aliphatic heterocycles. The molecule has 1 atom stereocenters. The molecule has 1 N–H and O–H groups in total. The number of rotatable bonds is 1. The van der Waals surface area contributed by atoms with Crippen LogP contribution in [0.15, 0.2) is 24.3 Å². The van der Waals surface area contributed by atoms with Crippen LogP contribution >= 0.6 is 0 Å². The summed E-state index contributed by atoms with van der Waals surface area (Å²) in [7, 11) is 0. The summed E-state index contributed by atoms with van der Waals surface area (Å²) >= 11 is 0. The number of hydrogen-bond acceptors (Lipinski definition) is 1. The van der Waals surface area contributed by atoms with Crippen LogP contribution < -0.4 is 0 Å². The maximum absolute atomic E-state index is 13.6. The number of fused-ring (bicyclic) bond motifs is 1. The highest BCUT2D eigenvalue weighted by Crippen LogP contribution is 2.34. The van der Waals surface area contributed by atoms with Crippen molar-refractivity contribution in [2.45, 2.75) is 6.10 Å². The van der Waals surface area contributed by atoms with Crippen LogP contribution in [0.25, 0.3) is 10.9 Å². The molecule has 0 saturated carbocycles. The zero-order valence-electron chi connectivity index (χ0n) is 6.88. The smallest absolute Gasteiger partial charge is 0.154 e. The number of H-pyrrole nitrogens is 1. The van der Waals surface area contributed by atoms with Gasteiger partial charge in [-0.1, -0.05) is 12.1 Å². The molecule has 0 aliphatic carbocycles. The molecule has 0 bridgehead atoms. The number of benzene rings is 1. The molecule has 3 rings (SSSR count). The Kier molecular flexibility index (Phi) is 1.27. The summed E-state index contributed by atoms with van der Waals surface area (Å²) in [5, 5.41) is 0.646. The van der Waals surface area contributed by atoms with Gasteiger partial charge in [-0.3, -0.25) is 0 Å². The number of epoxide rings is 1. The first kappa shape index (κ1) is 7.09. The first-order valence-electron chi connectivity index (χ1n) is 4.24. The standard InChI is InChI=1S/C10H8FNO/c11-9-6-3-1-2-4-7(6)12-10(9)8-5-13-8/h1-4,8,12H,5H2. The highest BCUT2D eigenvalue weighted by Gasteiger charge is 2.30. The second-order valence-electron chi connectivity index (χ2n) is 3.22. The number of ether oxygens (including phenoxy) is 1. The van der Waals surface area contributed by atoms with Crippen LogP contribution in [0.2, 0.25) is 0 Å². The first-order valence-corrected chi connectivity index (χ1v) is 4.24. The molecule has 2 aromatic rings. The van der Waals surface area contributed by atoms with Crippen LogP contribution in [0.5, 0.6) is 0 Å². The van der Waals surface area contributed by atoms with Gasteiger partial charge in [0.05, 0.1) is 12.3 Å². The lowest BCUT2D eigenvalue weighted by molar-refractivity contribution is 0.405. The zero-order chi connectivity index (χ0) is 8.84. The SMILES string of the molecule is Fc1c(C2CO2)[nH]c2ccccc12. The van der Waals surface area contributed by atoms with E-state index in [0.29, 0.717) is 17.7 Å². The zero-order valence-corrected chi connectivity index (χ0v) is 6.88. The molecular weight excluding hydrogens is 169 g/mol. The van der Waals surface area contributed by atoms with E-state index in [1.165, 1.54) is 0 Å². The average Bonchev–Trinajstić information content (AvgIpc) is 2.94. The minimum absolute atomic E-state index is 0.0487. The van der Waals surface area contributed by atoms with Gasteiger partial charge in [-0.15, -0.1) is 0 Å². The normalized spacial score (nSPS) is 20.8. The quantitative estimate of drug-likeness (QED) is 0.665. The van der Waals surface area contributed by atoms with E-state index in [4.69, 9.17) is 4.74 Å². The second kappa shape index (κ2) is 2.33. The summed E-state index contributed by atoms with van der Waals surface area (Å²) in [5.41, 5.74) is 1.42. The van der Waals surface area contributed by atoms with Crippen LogP contribution in [0, 0.1) is 5.82 Å². The molecule has 0 radical (unpaired) electrons. The van der Waals surface area contributed by atoms with Gasteiger partial charge in [-0.25, -0.2) is 4.39 Å². The monoisotopic (exact) mass is 177 g/mol. The minimum Gasteiger partial charge on any atom is -0.366 e. The molecule has 1 aromatic heterocycles. The molecule has 66 valence electrons. The Labute approximate surface area is 74.3 Å². The second-order valence-corrected chi connectivity index (χ2v) is 3.22. The predicted octanol–water partition coefficient (Wildman–Crippen LogP) is 2.38. The Morgan fingerprint density at radius 1 is 1.38 bits per heavy atom. The predicted molar refractivity (Wildman–Crippen MR) is 46.9 cm³/mol. The third kappa shape index (κ3) is 0.971. The van der Waals surface area contributed by atoms with Crippen LogP contribution in [0.3, 0.4) is 0 Å². The van der Waals surface area contributed by atoms with Crippen molar-refractivity contribution in [2.75, 3.05) is 6.61 Å². The van der Waals surface area contributed by atoms with Gasteiger partial charge in [0, 0.05) is 10.9 Å². The average molecular weight is 177 g/mol. The topological polar surface area (TPSA) is 28.3 Å². The van der Waals surface area contributed by atoms with Crippen molar-refractivity contribution in [2.24, 2.45) is 0 Å². The summed E-state index contributed by atoms with van der Waals surface area (Å²) in [6, 6.07) is 7.35. The van der Waals surface area contributed by atoms with Gasteiger partial charge in [-0.05, 0) is 12.1 Å². The lowest BCUT2D eigenvalue weighted by Gasteiger charge is -1.87. The van der Waals surface area contributed by atoms with E-state index in [1.54, 1.807) is 6.07 Å². The van der Waals surface area contributed by atoms with E-state index in [-0.39, 0.29) is 11.9 Å². The Morgan fingerprint density at radius 3 is 2.85 bits per heavy atom. The van der Waals surface area contributed by atoms with Crippen LogP contribution in [0.4, 0.5) is 4.39 Å². The van der Waals surface area contributed by atoms with Crippen molar-refractivity contribution in [1.82, 2.24) is 4.98 Å². The van der Waals surface area contributed by atoms with E-state index >= 15 is 0 Å². The van der Waals surface area contributed by atoms with Gasteiger partial charge in [0.2, 0.25) is 0 Å². The summed E-state index contributed by atoms with van der Waals surface area (Å²) in [6.07, 6.45) is -0.0487. The molecule has 0 amide bonds. The Hall–Kier alpha value is -1.35. The molecule has 1 aliphatic rings. The highest BCUT2D eigenvalue weighted by molar-refractivity contribution is 5.81. The number of halogens is 1. The molecule has 13 heavy (non-hydrogen) atoms. The van der Waals surface area contributed by atoms with E-state index in [2.05, 4.69) is 4.98 Å². The largest absolute Gasteiger partial charge is 0.366 e. The summed E-state index contributed by atoms with van der Waals surface area (Å²) in [4.78, 5) is 3.03. The van der Waals surface area contributed by atoms with Gasteiger partial charge >= 0.3 is 0 Å². The summed E-state index contributed by atoms with van der Waals surface area (Å²) in [6.45, 7) is 0.629. The van der Waals surface area contributed by atoms with Crippen molar-refractivity contribution < 1.29 is 9.13 Å². The Bertz CT molecular complexity index is 459. The van der Waals surface area contributed by atoms with Crippen molar-refractivity contribution in [3.63, 3.8) is 0 Å². The molecule has 2 nitrogen and oxygen atoms in total. The van der Waals surface area contributed by atoms with Crippen molar-refractivity contribution in [1.29, 1.82) is 0 Å². The lowest BCUT2D eigenvalue weighted by atomic mass is 10.2. The number of hydrogen-bond donors (Lipinski definition) is 1. The van der Waals surface area contributed by atoms with Gasteiger partial charge in [-0.2, -0.15) is 0 Å². The number of aromatic nitrogens is 1. The van der Waals surface area contributed by atoms with E-state index in [9.17, 15) is 4.39 Å². The summed E-state index contributed by atoms with van der Waals surface area (Å²) in [5.74, 6) is -0.168. The molecule has 1 unspecified atom stereocenters. The highest BCUT2D eigenvalue weighted by atomic mass is 19.1. The molecule has 1 aromatic carbocycles. The Balaban J connectivity index is 2.30. The third-order valence-corrected chi connectivity index (χ3v) is 2.32. The van der Waals surface area contributed by atoms with Gasteiger partial charge in [0.1, 0.15) is 6.10 Å². The van der Waals surface area contributed by atoms with Crippen LogP contribution in [-0.2, 0) is 4.74 Å². The fourth-order valence-electron chi connectivity index (χ4n) is 1.57. The number of para-hydroxylation sites is 1. The van der Waals surface area contributed by atoms with E-state index in [1.807, 2.05) is 18.2 Å².